The summed E-state index contributed by atoms with van der Waals surface area (Å²) >= 11 is 2.13. The maximum atomic E-state index is 3.43. The number of hydrogen-bond acceptors (Lipinski definition) is 3. The molecule has 1 atom stereocenters. The first kappa shape index (κ1) is 10.8. The van der Waals surface area contributed by atoms with Crippen LogP contribution in [0.2, 0.25) is 0 Å². The summed E-state index contributed by atoms with van der Waals surface area (Å²) in [6, 6.07) is 0.849. The third kappa shape index (κ3) is 2.88. The lowest BCUT2D eigenvalue weighted by Gasteiger charge is -2.33. The zero-order valence-electron chi connectivity index (χ0n) is 9.17. The van der Waals surface area contributed by atoms with Crippen molar-refractivity contribution < 1.29 is 0 Å². The molecule has 1 unspecified atom stereocenters. The molecule has 1 N–H and O–H groups in total. The van der Waals surface area contributed by atoms with Crippen LogP contribution in [0.5, 0.6) is 0 Å². The minimum absolute atomic E-state index is 0.849. The quantitative estimate of drug-likeness (QED) is 0.765. The van der Waals surface area contributed by atoms with Gasteiger partial charge in [-0.05, 0) is 56.8 Å². The lowest BCUT2D eigenvalue weighted by molar-refractivity contribution is 0.178. The summed E-state index contributed by atoms with van der Waals surface area (Å²) in [5.41, 5.74) is 0. The van der Waals surface area contributed by atoms with E-state index in [0.29, 0.717) is 0 Å². The fraction of sp³-hybridized carbons (Fsp3) is 1.00. The molecular weight excluding hydrogens is 192 g/mol. The number of thioether (sulfide) groups is 1. The molecule has 0 saturated carbocycles. The van der Waals surface area contributed by atoms with E-state index in [1.165, 1.54) is 50.4 Å². The summed E-state index contributed by atoms with van der Waals surface area (Å²) < 4.78 is 0. The summed E-state index contributed by atoms with van der Waals surface area (Å²) in [4.78, 5) is 2.61. The van der Waals surface area contributed by atoms with Crippen LogP contribution in [-0.2, 0) is 0 Å². The van der Waals surface area contributed by atoms with Crippen LogP contribution in [-0.4, -0.2) is 49.1 Å². The molecule has 0 aromatic carbocycles. The van der Waals surface area contributed by atoms with Gasteiger partial charge < -0.3 is 10.2 Å². The second kappa shape index (κ2) is 5.38. The fourth-order valence-electron chi connectivity index (χ4n) is 2.53. The van der Waals surface area contributed by atoms with Gasteiger partial charge in [0, 0.05) is 12.6 Å². The Hall–Kier alpha value is 0.270. The molecule has 0 aliphatic carbocycles. The van der Waals surface area contributed by atoms with Gasteiger partial charge in [-0.1, -0.05) is 0 Å². The zero-order chi connectivity index (χ0) is 9.80. The number of nitrogens with zero attached hydrogens (tertiary/aromatic N) is 1. The second-order valence-corrected chi connectivity index (χ2v) is 5.80. The van der Waals surface area contributed by atoms with Gasteiger partial charge in [-0.3, -0.25) is 0 Å². The molecule has 0 radical (unpaired) electrons. The van der Waals surface area contributed by atoms with Crippen molar-refractivity contribution in [3.8, 4) is 0 Å². The van der Waals surface area contributed by atoms with Crippen molar-refractivity contribution in [2.75, 3.05) is 38.2 Å². The van der Waals surface area contributed by atoms with Gasteiger partial charge in [-0.15, -0.1) is 0 Å². The summed E-state index contributed by atoms with van der Waals surface area (Å²) in [5.74, 6) is 3.76. The third-order valence-corrected chi connectivity index (χ3v) is 4.73. The normalized spacial score (nSPS) is 30.0. The topological polar surface area (TPSA) is 15.3 Å². The van der Waals surface area contributed by atoms with E-state index in [2.05, 4.69) is 29.0 Å². The summed E-state index contributed by atoms with van der Waals surface area (Å²) in [6.07, 6.45) is 4.13. The van der Waals surface area contributed by atoms with Crippen molar-refractivity contribution in [2.24, 2.45) is 5.92 Å². The molecule has 0 aromatic heterocycles. The average molecular weight is 214 g/mol. The maximum Gasteiger partial charge on any atom is 0.0116 e. The van der Waals surface area contributed by atoms with Crippen LogP contribution in [0.25, 0.3) is 0 Å². The van der Waals surface area contributed by atoms with Crippen LogP contribution in [0.15, 0.2) is 0 Å². The molecule has 3 heteroatoms. The number of nitrogens with one attached hydrogen (secondary N) is 1. The number of rotatable bonds is 3. The molecule has 14 heavy (non-hydrogen) atoms. The van der Waals surface area contributed by atoms with Gasteiger partial charge in [0.25, 0.3) is 0 Å². The van der Waals surface area contributed by atoms with Crippen LogP contribution in [0, 0.1) is 5.92 Å². The molecule has 82 valence electrons. The molecule has 2 fully saturated rings. The van der Waals surface area contributed by atoms with Crippen LogP contribution in [0.3, 0.4) is 0 Å². The van der Waals surface area contributed by atoms with E-state index < -0.39 is 0 Å². The monoisotopic (exact) mass is 214 g/mol. The van der Waals surface area contributed by atoms with Crippen LogP contribution in [0.1, 0.15) is 19.3 Å². The van der Waals surface area contributed by atoms with Crippen molar-refractivity contribution in [3.05, 3.63) is 0 Å². The Morgan fingerprint density at radius 3 is 2.71 bits per heavy atom. The van der Waals surface area contributed by atoms with Crippen molar-refractivity contribution in [2.45, 2.75) is 25.3 Å². The van der Waals surface area contributed by atoms with E-state index in [9.17, 15) is 0 Å². The molecule has 2 nitrogen and oxygen atoms in total. The standard InChI is InChI=1S/C11H22N2S/c1-13(8-10-4-7-14-9-10)11-2-5-12-6-3-11/h10-12H,2-9H2,1H3. The van der Waals surface area contributed by atoms with E-state index in [-0.39, 0.29) is 0 Å². The first-order chi connectivity index (χ1) is 6.86. The highest BCUT2D eigenvalue weighted by atomic mass is 32.2. The predicted molar refractivity (Wildman–Crippen MR) is 64.0 cm³/mol. The molecule has 2 heterocycles. The Morgan fingerprint density at radius 2 is 2.07 bits per heavy atom. The number of hydrogen-bond donors (Lipinski definition) is 1. The zero-order valence-corrected chi connectivity index (χ0v) is 9.98. The third-order valence-electron chi connectivity index (χ3n) is 3.50. The van der Waals surface area contributed by atoms with E-state index in [0.717, 1.165) is 12.0 Å². The highest BCUT2D eigenvalue weighted by Gasteiger charge is 2.22. The fourth-order valence-corrected chi connectivity index (χ4v) is 3.80. The molecule has 2 aliphatic heterocycles. The summed E-state index contributed by atoms with van der Waals surface area (Å²) in [7, 11) is 2.32. The van der Waals surface area contributed by atoms with E-state index in [1.807, 2.05) is 0 Å². The smallest absolute Gasteiger partial charge is 0.0116 e. The Balaban J connectivity index is 1.72. The Morgan fingerprint density at radius 1 is 1.29 bits per heavy atom. The van der Waals surface area contributed by atoms with Gasteiger partial charge in [-0.2, -0.15) is 11.8 Å². The Labute approximate surface area is 91.8 Å². The molecule has 0 amide bonds. The van der Waals surface area contributed by atoms with Gasteiger partial charge >= 0.3 is 0 Å². The largest absolute Gasteiger partial charge is 0.317 e. The predicted octanol–water partition coefficient (Wildman–Crippen LogP) is 1.42. The SMILES string of the molecule is CN(CC1CCSC1)C1CCNCC1. The average Bonchev–Trinajstić information content (AvgIpc) is 2.72. The summed E-state index contributed by atoms with van der Waals surface area (Å²) in [6.45, 7) is 3.76. The maximum absolute atomic E-state index is 3.43. The van der Waals surface area contributed by atoms with Crippen LogP contribution < -0.4 is 5.32 Å². The molecule has 2 rings (SSSR count). The van der Waals surface area contributed by atoms with Crippen LogP contribution >= 0.6 is 11.8 Å². The first-order valence-corrected chi connectivity index (χ1v) is 7.00. The van der Waals surface area contributed by atoms with Gasteiger partial charge in [0.05, 0.1) is 0 Å². The molecular formula is C11H22N2S. The highest BCUT2D eigenvalue weighted by molar-refractivity contribution is 7.99. The second-order valence-electron chi connectivity index (χ2n) is 4.65. The lowest BCUT2D eigenvalue weighted by atomic mass is 10.0. The molecule has 2 saturated heterocycles. The van der Waals surface area contributed by atoms with Crippen molar-refractivity contribution >= 4 is 11.8 Å². The van der Waals surface area contributed by atoms with Gasteiger partial charge in [0.15, 0.2) is 0 Å². The van der Waals surface area contributed by atoms with Gasteiger partial charge in [0.1, 0.15) is 0 Å². The number of piperidine rings is 1. The van der Waals surface area contributed by atoms with Crippen molar-refractivity contribution in [3.63, 3.8) is 0 Å². The lowest BCUT2D eigenvalue weighted by Crippen LogP contribution is -2.42. The molecule has 2 aliphatic rings. The van der Waals surface area contributed by atoms with Crippen molar-refractivity contribution in [1.82, 2.24) is 10.2 Å². The molecule has 0 aromatic rings. The minimum Gasteiger partial charge on any atom is -0.317 e. The Kier molecular flexibility index (Phi) is 4.14. The van der Waals surface area contributed by atoms with E-state index in [1.54, 1.807) is 0 Å². The van der Waals surface area contributed by atoms with Gasteiger partial charge in [0.2, 0.25) is 0 Å². The first-order valence-electron chi connectivity index (χ1n) is 5.85. The molecule has 0 spiro atoms. The highest BCUT2D eigenvalue weighted by Crippen LogP contribution is 2.25. The summed E-state index contributed by atoms with van der Waals surface area (Å²) in [5, 5.41) is 3.43. The van der Waals surface area contributed by atoms with E-state index in [4.69, 9.17) is 0 Å². The van der Waals surface area contributed by atoms with Gasteiger partial charge in [-0.25, -0.2) is 0 Å². The Bertz CT molecular complexity index is 163. The minimum atomic E-state index is 0.849. The van der Waals surface area contributed by atoms with E-state index >= 15 is 0 Å². The molecule has 0 bridgehead atoms. The van der Waals surface area contributed by atoms with Crippen LogP contribution in [0.4, 0.5) is 0 Å². The van der Waals surface area contributed by atoms with Crippen molar-refractivity contribution in [1.29, 1.82) is 0 Å².